The maximum atomic E-state index is 12.7. The highest BCUT2D eigenvalue weighted by Gasteiger charge is 2.38. The molecule has 1 aromatic rings. The normalized spacial score (nSPS) is 20.1. The van der Waals surface area contributed by atoms with Gasteiger partial charge >= 0.3 is 6.03 Å². The van der Waals surface area contributed by atoms with Crippen LogP contribution in [-0.2, 0) is 4.79 Å². The summed E-state index contributed by atoms with van der Waals surface area (Å²) in [5, 5.41) is 0. The molecule has 6 nitrogen and oxygen atoms in total. The number of hydrogen-bond acceptors (Lipinski definition) is 3. The van der Waals surface area contributed by atoms with Gasteiger partial charge < -0.3 is 4.90 Å². The number of nitrogens with zero attached hydrogens (tertiary/aromatic N) is 4. The molecule has 22 heavy (non-hydrogen) atoms. The number of urea groups is 1. The Morgan fingerprint density at radius 3 is 2.73 bits per heavy atom. The van der Waals surface area contributed by atoms with Gasteiger partial charge in [0.2, 0.25) is 5.91 Å². The van der Waals surface area contributed by atoms with Crippen molar-refractivity contribution in [1.29, 1.82) is 0 Å². The molecule has 0 saturated carbocycles. The zero-order chi connectivity index (χ0) is 15.1. The van der Waals surface area contributed by atoms with Gasteiger partial charge in [0.15, 0.2) is 0 Å². The summed E-state index contributed by atoms with van der Waals surface area (Å²) in [5.41, 5.74) is 1.73. The first kappa shape index (κ1) is 13.3. The standard InChI is InChI=1S/C16H18N4O2/c21-14(18-8-3-4-9-18)11-20-13-6-2-1-5-12(13)15-17-7-10-19(15)16(20)22/h1-2,5-6H,3-4,7-11H2. The fraction of sp³-hybridized carbons (Fsp3) is 0.438. The summed E-state index contributed by atoms with van der Waals surface area (Å²) in [6.45, 7) is 2.94. The minimum Gasteiger partial charge on any atom is -0.341 e. The van der Waals surface area contributed by atoms with Crippen molar-refractivity contribution in [3.05, 3.63) is 29.8 Å². The van der Waals surface area contributed by atoms with Gasteiger partial charge in [-0.2, -0.15) is 0 Å². The van der Waals surface area contributed by atoms with E-state index in [1.807, 2.05) is 29.2 Å². The number of rotatable bonds is 2. The molecule has 4 rings (SSSR count). The van der Waals surface area contributed by atoms with Gasteiger partial charge in [-0.3, -0.25) is 19.6 Å². The van der Waals surface area contributed by atoms with Crippen LogP contribution in [-0.4, -0.2) is 60.3 Å². The molecular weight excluding hydrogens is 280 g/mol. The van der Waals surface area contributed by atoms with Crippen molar-refractivity contribution in [3.63, 3.8) is 0 Å². The molecule has 6 heteroatoms. The SMILES string of the molecule is O=C(CN1C(=O)N2CCN=C2c2ccccc21)N1CCCC1. The lowest BCUT2D eigenvalue weighted by Gasteiger charge is -2.35. The molecule has 0 bridgehead atoms. The van der Waals surface area contributed by atoms with Crippen molar-refractivity contribution in [1.82, 2.24) is 9.80 Å². The van der Waals surface area contributed by atoms with Gasteiger partial charge in [-0.25, -0.2) is 4.79 Å². The van der Waals surface area contributed by atoms with E-state index in [9.17, 15) is 9.59 Å². The molecule has 3 amide bonds. The van der Waals surface area contributed by atoms with Crippen LogP contribution < -0.4 is 4.90 Å². The topological polar surface area (TPSA) is 56.2 Å². The number of fused-ring (bicyclic) bond motifs is 3. The molecule has 0 spiro atoms. The summed E-state index contributed by atoms with van der Waals surface area (Å²) in [6, 6.07) is 7.55. The Kier molecular flexibility index (Phi) is 3.10. The van der Waals surface area contributed by atoms with Gasteiger partial charge in [0, 0.05) is 25.2 Å². The smallest absolute Gasteiger partial charge is 0.330 e. The number of carbonyl (C=O) groups excluding carboxylic acids is 2. The highest BCUT2D eigenvalue weighted by Crippen LogP contribution is 2.30. The fourth-order valence-corrected chi connectivity index (χ4v) is 3.37. The predicted molar refractivity (Wildman–Crippen MR) is 83.1 cm³/mol. The Balaban J connectivity index is 1.67. The van der Waals surface area contributed by atoms with Crippen molar-refractivity contribution in [2.75, 3.05) is 37.6 Å². The molecule has 0 atom stereocenters. The molecule has 1 aromatic carbocycles. The maximum Gasteiger partial charge on any atom is 0.330 e. The third-order valence-corrected chi connectivity index (χ3v) is 4.49. The summed E-state index contributed by atoms with van der Waals surface area (Å²) in [5.74, 6) is 0.769. The monoisotopic (exact) mass is 298 g/mol. The van der Waals surface area contributed by atoms with Crippen LogP contribution in [0.25, 0.3) is 0 Å². The number of benzene rings is 1. The van der Waals surface area contributed by atoms with Gasteiger partial charge in [-0.15, -0.1) is 0 Å². The van der Waals surface area contributed by atoms with E-state index < -0.39 is 0 Å². The highest BCUT2D eigenvalue weighted by molar-refractivity contribution is 6.20. The average molecular weight is 298 g/mol. The molecule has 0 unspecified atom stereocenters. The van der Waals surface area contributed by atoms with Crippen LogP contribution in [0.2, 0.25) is 0 Å². The lowest BCUT2D eigenvalue weighted by atomic mass is 10.1. The Morgan fingerprint density at radius 1 is 1.14 bits per heavy atom. The Hall–Kier alpha value is -2.37. The second-order valence-corrected chi connectivity index (χ2v) is 5.83. The van der Waals surface area contributed by atoms with Gasteiger partial charge in [0.05, 0.1) is 12.2 Å². The summed E-state index contributed by atoms with van der Waals surface area (Å²) >= 11 is 0. The first-order valence-corrected chi connectivity index (χ1v) is 7.76. The number of carbonyl (C=O) groups is 2. The number of amides is 3. The van der Waals surface area contributed by atoms with Crippen LogP contribution in [0.4, 0.5) is 10.5 Å². The Morgan fingerprint density at radius 2 is 1.91 bits per heavy atom. The molecule has 3 heterocycles. The van der Waals surface area contributed by atoms with Crippen molar-refractivity contribution < 1.29 is 9.59 Å². The summed E-state index contributed by atoms with van der Waals surface area (Å²) < 4.78 is 0. The predicted octanol–water partition coefficient (Wildman–Crippen LogP) is 1.31. The highest BCUT2D eigenvalue weighted by atomic mass is 16.2. The Bertz CT molecular complexity index is 664. The van der Waals surface area contributed by atoms with Gasteiger partial charge in [0.1, 0.15) is 12.4 Å². The quantitative estimate of drug-likeness (QED) is 0.826. The van der Waals surface area contributed by atoms with E-state index in [1.54, 1.807) is 9.80 Å². The summed E-state index contributed by atoms with van der Waals surface area (Å²) in [6.07, 6.45) is 2.11. The van der Waals surface area contributed by atoms with E-state index >= 15 is 0 Å². The van der Waals surface area contributed by atoms with Crippen molar-refractivity contribution in [2.24, 2.45) is 4.99 Å². The second-order valence-electron chi connectivity index (χ2n) is 5.83. The summed E-state index contributed by atoms with van der Waals surface area (Å²) in [4.78, 5) is 34.7. The molecule has 1 saturated heterocycles. The zero-order valence-corrected chi connectivity index (χ0v) is 12.4. The van der Waals surface area contributed by atoms with Gasteiger partial charge in [-0.1, -0.05) is 12.1 Å². The van der Waals surface area contributed by atoms with Gasteiger partial charge in [-0.05, 0) is 25.0 Å². The molecule has 0 aromatic heterocycles. The zero-order valence-electron chi connectivity index (χ0n) is 12.4. The average Bonchev–Trinajstić information content (AvgIpc) is 3.22. The van der Waals surface area contributed by atoms with Crippen LogP contribution in [0.5, 0.6) is 0 Å². The van der Waals surface area contributed by atoms with E-state index in [0.29, 0.717) is 13.1 Å². The Labute approximate surface area is 129 Å². The lowest BCUT2D eigenvalue weighted by Crippen LogP contribution is -2.53. The van der Waals surface area contributed by atoms with E-state index in [1.165, 1.54) is 0 Å². The minimum absolute atomic E-state index is 0.0280. The third-order valence-electron chi connectivity index (χ3n) is 4.49. The largest absolute Gasteiger partial charge is 0.341 e. The number of anilines is 1. The number of amidine groups is 1. The minimum atomic E-state index is -0.137. The van der Waals surface area contributed by atoms with Crippen molar-refractivity contribution in [3.8, 4) is 0 Å². The number of aliphatic imine (C=N–C) groups is 1. The molecule has 0 radical (unpaired) electrons. The second kappa shape index (κ2) is 5.12. The number of likely N-dealkylation sites (tertiary alicyclic amines) is 1. The summed E-state index contributed by atoms with van der Waals surface area (Å²) in [7, 11) is 0. The van der Waals surface area contributed by atoms with Crippen LogP contribution in [0.15, 0.2) is 29.3 Å². The molecule has 1 fully saturated rings. The number of para-hydroxylation sites is 1. The third kappa shape index (κ3) is 1.98. The first-order valence-electron chi connectivity index (χ1n) is 7.76. The molecule has 3 aliphatic heterocycles. The molecule has 114 valence electrons. The molecule has 0 N–H and O–H groups in total. The van der Waals surface area contributed by atoms with Gasteiger partial charge in [0.25, 0.3) is 0 Å². The van der Waals surface area contributed by atoms with Crippen molar-refractivity contribution in [2.45, 2.75) is 12.8 Å². The number of hydrogen-bond donors (Lipinski definition) is 0. The van der Waals surface area contributed by atoms with Crippen molar-refractivity contribution >= 4 is 23.5 Å². The van der Waals surface area contributed by atoms with Crippen LogP contribution in [0.1, 0.15) is 18.4 Å². The van der Waals surface area contributed by atoms with E-state index in [0.717, 1.165) is 43.0 Å². The van der Waals surface area contributed by atoms with E-state index in [-0.39, 0.29) is 18.5 Å². The lowest BCUT2D eigenvalue weighted by molar-refractivity contribution is -0.128. The maximum absolute atomic E-state index is 12.7. The molecule has 3 aliphatic rings. The molecule has 0 aliphatic carbocycles. The fourth-order valence-electron chi connectivity index (χ4n) is 3.37. The van der Waals surface area contributed by atoms with Crippen LogP contribution in [0, 0.1) is 0 Å². The van der Waals surface area contributed by atoms with Crippen LogP contribution >= 0.6 is 0 Å². The first-order chi connectivity index (χ1) is 10.8. The van der Waals surface area contributed by atoms with E-state index in [4.69, 9.17) is 0 Å². The van der Waals surface area contributed by atoms with Crippen LogP contribution in [0.3, 0.4) is 0 Å². The van der Waals surface area contributed by atoms with E-state index in [2.05, 4.69) is 4.99 Å². The molecular formula is C16H18N4O2.